The van der Waals surface area contributed by atoms with E-state index in [2.05, 4.69) is 0 Å². The molecule has 0 aliphatic carbocycles. The summed E-state index contributed by atoms with van der Waals surface area (Å²) in [7, 11) is 0. The Morgan fingerprint density at radius 1 is 1.16 bits per heavy atom. The number of carbonyl (C=O) groups is 1. The minimum absolute atomic E-state index is 0.288. The van der Waals surface area contributed by atoms with Crippen LogP contribution in [0.2, 0.25) is 0 Å². The first-order valence-corrected chi connectivity index (χ1v) is 6.86. The summed E-state index contributed by atoms with van der Waals surface area (Å²) < 4.78 is 5.31. The minimum atomic E-state index is -0.288. The van der Waals surface area contributed by atoms with Gasteiger partial charge in [-0.25, -0.2) is 4.79 Å². The van der Waals surface area contributed by atoms with Gasteiger partial charge in [0.25, 0.3) is 0 Å². The number of aryl methyl sites for hydroxylation is 1. The van der Waals surface area contributed by atoms with E-state index < -0.39 is 0 Å². The highest BCUT2D eigenvalue weighted by Gasteiger charge is 2.21. The standard InChI is InChI=1S/C16H12O2S/c1-11-4-6-12(7-5-11)15-10-13(16(17)18-15)9-14-3-2-8-19-14/h2-10H,1H3/b13-9+. The second kappa shape index (κ2) is 4.86. The highest BCUT2D eigenvalue weighted by molar-refractivity contribution is 7.10. The smallest absolute Gasteiger partial charge is 0.343 e. The first-order valence-electron chi connectivity index (χ1n) is 5.98. The maximum Gasteiger partial charge on any atom is 0.343 e. The van der Waals surface area contributed by atoms with Crippen molar-refractivity contribution in [2.24, 2.45) is 0 Å². The van der Waals surface area contributed by atoms with E-state index in [1.54, 1.807) is 17.4 Å². The third-order valence-electron chi connectivity index (χ3n) is 2.90. The topological polar surface area (TPSA) is 26.3 Å². The van der Waals surface area contributed by atoms with Crippen molar-refractivity contribution in [1.29, 1.82) is 0 Å². The van der Waals surface area contributed by atoms with Gasteiger partial charge in [-0.3, -0.25) is 0 Å². The van der Waals surface area contributed by atoms with Crippen LogP contribution in [0, 0.1) is 6.92 Å². The number of hydrogen-bond acceptors (Lipinski definition) is 3. The molecule has 0 amide bonds. The van der Waals surface area contributed by atoms with Crippen LogP contribution in [0.4, 0.5) is 0 Å². The van der Waals surface area contributed by atoms with Gasteiger partial charge in [-0.2, -0.15) is 0 Å². The van der Waals surface area contributed by atoms with Gasteiger partial charge < -0.3 is 4.74 Å². The number of hydrogen-bond donors (Lipinski definition) is 0. The fraction of sp³-hybridized carbons (Fsp3) is 0.0625. The molecule has 94 valence electrons. The second-order valence-electron chi connectivity index (χ2n) is 4.38. The molecule has 0 N–H and O–H groups in total. The van der Waals surface area contributed by atoms with Crippen LogP contribution in [0.3, 0.4) is 0 Å². The van der Waals surface area contributed by atoms with Crippen molar-refractivity contribution in [2.45, 2.75) is 6.92 Å². The average Bonchev–Trinajstić information content (AvgIpc) is 3.02. The summed E-state index contributed by atoms with van der Waals surface area (Å²) in [5.41, 5.74) is 2.70. The van der Waals surface area contributed by atoms with E-state index in [9.17, 15) is 4.79 Å². The third-order valence-corrected chi connectivity index (χ3v) is 3.72. The Kier molecular flexibility index (Phi) is 3.05. The van der Waals surface area contributed by atoms with Crippen LogP contribution in [-0.4, -0.2) is 5.97 Å². The number of cyclic esters (lactones) is 1. The molecule has 2 nitrogen and oxygen atoms in total. The molecule has 0 radical (unpaired) electrons. The van der Waals surface area contributed by atoms with E-state index in [-0.39, 0.29) is 5.97 Å². The molecule has 0 bridgehead atoms. The van der Waals surface area contributed by atoms with Crippen molar-refractivity contribution in [2.75, 3.05) is 0 Å². The molecule has 19 heavy (non-hydrogen) atoms. The molecule has 2 heterocycles. The molecule has 0 spiro atoms. The molecule has 1 aromatic heterocycles. The van der Waals surface area contributed by atoms with Crippen LogP contribution in [0.5, 0.6) is 0 Å². The average molecular weight is 268 g/mol. The highest BCUT2D eigenvalue weighted by Crippen LogP contribution is 2.28. The second-order valence-corrected chi connectivity index (χ2v) is 5.36. The normalized spacial score (nSPS) is 16.6. The summed E-state index contributed by atoms with van der Waals surface area (Å²) in [6, 6.07) is 11.9. The lowest BCUT2D eigenvalue weighted by atomic mass is 10.1. The maximum absolute atomic E-state index is 11.8. The third kappa shape index (κ3) is 2.51. The summed E-state index contributed by atoms with van der Waals surface area (Å²) in [6.07, 6.45) is 3.65. The Hall–Kier alpha value is -2.13. The Balaban J connectivity index is 1.93. The number of carbonyl (C=O) groups excluding carboxylic acids is 1. The fourth-order valence-corrected chi connectivity index (χ4v) is 2.54. The lowest BCUT2D eigenvalue weighted by Crippen LogP contribution is -1.96. The van der Waals surface area contributed by atoms with Crippen LogP contribution in [0.25, 0.3) is 11.8 Å². The summed E-state index contributed by atoms with van der Waals surface area (Å²) in [4.78, 5) is 12.9. The van der Waals surface area contributed by atoms with Gasteiger partial charge in [0.1, 0.15) is 5.76 Å². The zero-order valence-corrected chi connectivity index (χ0v) is 11.2. The molecule has 1 aliphatic rings. The Morgan fingerprint density at radius 3 is 2.63 bits per heavy atom. The fourth-order valence-electron chi connectivity index (χ4n) is 1.88. The van der Waals surface area contributed by atoms with Crippen LogP contribution in [0.15, 0.2) is 53.4 Å². The molecule has 1 aromatic carbocycles. The molecule has 0 unspecified atom stereocenters. The summed E-state index contributed by atoms with van der Waals surface area (Å²) in [5.74, 6) is 0.330. The maximum atomic E-state index is 11.8. The van der Waals surface area contributed by atoms with Crippen LogP contribution >= 0.6 is 11.3 Å². The number of rotatable bonds is 2. The van der Waals surface area contributed by atoms with Crippen molar-refractivity contribution >= 4 is 29.1 Å². The minimum Gasteiger partial charge on any atom is -0.422 e. The van der Waals surface area contributed by atoms with Crippen molar-refractivity contribution in [1.82, 2.24) is 0 Å². The van der Waals surface area contributed by atoms with E-state index in [1.807, 2.05) is 54.8 Å². The predicted molar refractivity (Wildman–Crippen MR) is 77.5 cm³/mol. The molecule has 0 saturated carbocycles. The monoisotopic (exact) mass is 268 g/mol. The highest BCUT2D eigenvalue weighted by atomic mass is 32.1. The molecule has 0 saturated heterocycles. The lowest BCUT2D eigenvalue weighted by Gasteiger charge is -2.01. The Labute approximate surface area is 115 Å². The Bertz CT molecular complexity index is 661. The van der Waals surface area contributed by atoms with Gasteiger partial charge in [0, 0.05) is 10.4 Å². The zero-order chi connectivity index (χ0) is 13.2. The molecule has 0 fully saturated rings. The van der Waals surface area contributed by atoms with Crippen LogP contribution in [-0.2, 0) is 9.53 Å². The molecule has 2 aromatic rings. The van der Waals surface area contributed by atoms with Gasteiger partial charge >= 0.3 is 5.97 Å². The summed E-state index contributed by atoms with van der Waals surface area (Å²) in [5, 5.41) is 1.98. The number of thiophene rings is 1. The molecule has 0 atom stereocenters. The van der Waals surface area contributed by atoms with E-state index >= 15 is 0 Å². The number of ether oxygens (including phenoxy) is 1. The van der Waals surface area contributed by atoms with E-state index in [0.717, 1.165) is 10.4 Å². The Morgan fingerprint density at radius 2 is 1.95 bits per heavy atom. The number of esters is 1. The molecule has 3 rings (SSSR count). The zero-order valence-electron chi connectivity index (χ0n) is 10.4. The van der Waals surface area contributed by atoms with E-state index in [0.29, 0.717) is 11.3 Å². The van der Waals surface area contributed by atoms with Gasteiger partial charge in [0.2, 0.25) is 0 Å². The largest absolute Gasteiger partial charge is 0.422 e. The molecule has 1 aliphatic heterocycles. The van der Waals surface area contributed by atoms with Crippen molar-refractivity contribution < 1.29 is 9.53 Å². The number of benzene rings is 1. The van der Waals surface area contributed by atoms with Gasteiger partial charge in [-0.1, -0.05) is 35.9 Å². The lowest BCUT2D eigenvalue weighted by molar-refractivity contribution is -0.130. The van der Waals surface area contributed by atoms with Crippen molar-refractivity contribution in [3.8, 4) is 0 Å². The summed E-state index contributed by atoms with van der Waals surface area (Å²) in [6.45, 7) is 2.03. The quantitative estimate of drug-likeness (QED) is 0.607. The first-order chi connectivity index (χ1) is 9.22. The predicted octanol–water partition coefficient (Wildman–Crippen LogP) is 4.04. The van der Waals surface area contributed by atoms with Crippen LogP contribution < -0.4 is 0 Å². The van der Waals surface area contributed by atoms with Crippen molar-refractivity contribution in [3.05, 3.63) is 69.4 Å². The van der Waals surface area contributed by atoms with Gasteiger partial charge in [0.05, 0.1) is 5.57 Å². The summed E-state index contributed by atoms with van der Waals surface area (Å²) >= 11 is 1.60. The first kappa shape index (κ1) is 11.9. The SMILES string of the molecule is Cc1ccc(C2=C/C(=C\c3cccs3)C(=O)O2)cc1. The molecular formula is C16H12O2S. The van der Waals surface area contributed by atoms with Gasteiger partial charge in [-0.05, 0) is 30.5 Å². The molecule has 3 heteroatoms. The van der Waals surface area contributed by atoms with E-state index in [4.69, 9.17) is 4.74 Å². The molecular weight excluding hydrogens is 256 g/mol. The van der Waals surface area contributed by atoms with Crippen LogP contribution in [0.1, 0.15) is 16.0 Å². The van der Waals surface area contributed by atoms with Gasteiger partial charge in [0.15, 0.2) is 0 Å². The van der Waals surface area contributed by atoms with Crippen molar-refractivity contribution in [3.63, 3.8) is 0 Å². The van der Waals surface area contributed by atoms with E-state index in [1.165, 1.54) is 5.56 Å². The van der Waals surface area contributed by atoms with Gasteiger partial charge in [-0.15, -0.1) is 11.3 Å².